The van der Waals surface area contributed by atoms with Crippen molar-refractivity contribution >= 4 is 17.3 Å². The van der Waals surface area contributed by atoms with Gasteiger partial charge in [-0.3, -0.25) is 0 Å². The van der Waals surface area contributed by atoms with E-state index < -0.39 is 11.7 Å². The van der Waals surface area contributed by atoms with Gasteiger partial charge in [-0.25, -0.2) is 0 Å². The summed E-state index contributed by atoms with van der Waals surface area (Å²) < 4.78 is 11.4. The Balaban J connectivity index is 2.48. The van der Waals surface area contributed by atoms with E-state index in [9.17, 15) is 10.2 Å². The normalized spacial score (nSPS) is 13.1. The molecule has 3 N–H and O–H groups in total. The number of rotatable bonds is 9. The molecule has 0 aliphatic heterocycles. The van der Waals surface area contributed by atoms with Crippen LogP contribution in [0.3, 0.4) is 0 Å². The number of hydrogen-bond acceptors (Lipinski definition) is 5. The monoisotopic (exact) mass is 435 g/mol. The lowest BCUT2D eigenvalue weighted by Crippen LogP contribution is -2.23. The highest BCUT2D eigenvalue weighted by Gasteiger charge is 2.24. The van der Waals surface area contributed by atoms with Crippen molar-refractivity contribution in [2.24, 2.45) is 5.41 Å². The number of aliphatic hydroxyl groups excluding tert-OH is 1. The maximum Gasteiger partial charge on any atom is 0.144 e. The van der Waals surface area contributed by atoms with Gasteiger partial charge < -0.3 is 25.0 Å². The molecule has 166 valence electrons. The summed E-state index contributed by atoms with van der Waals surface area (Å²) >= 11 is 6.39. The van der Waals surface area contributed by atoms with E-state index in [1.165, 1.54) is 0 Å². The van der Waals surface area contributed by atoms with Crippen LogP contribution < -0.4 is 14.8 Å². The van der Waals surface area contributed by atoms with Gasteiger partial charge in [-0.2, -0.15) is 0 Å². The van der Waals surface area contributed by atoms with Crippen molar-refractivity contribution in [2.75, 3.05) is 25.6 Å². The fourth-order valence-electron chi connectivity index (χ4n) is 2.94. The highest BCUT2D eigenvalue weighted by molar-refractivity contribution is 6.31. The molecule has 0 fully saturated rings. The van der Waals surface area contributed by atoms with Crippen LogP contribution in [0.5, 0.6) is 11.5 Å². The van der Waals surface area contributed by atoms with Crippen LogP contribution in [0.1, 0.15) is 58.3 Å². The molecular formula is C24H34ClNO4. The Bertz CT molecular complexity index is 840. The Hall–Kier alpha value is -1.95. The first-order valence-corrected chi connectivity index (χ1v) is 10.5. The van der Waals surface area contributed by atoms with E-state index in [1.54, 1.807) is 33.1 Å². The molecule has 1 atom stereocenters. The van der Waals surface area contributed by atoms with Gasteiger partial charge in [-0.1, -0.05) is 50.6 Å². The van der Waals surface area contributed by atoms with Gasteiger partial charge in [-0.15, -0.1) is 0 Å². The predicted molar refractivity (Wildman–Crippen MR) is 123 cm³/mol. The van der Waals surface area contributed by atoms with Crippen LogP contribution in [0.25, 0.3) is 0 Å². The quantitative estimate of drug-likeness (QED) is 0.490. The minimum Gasteiger partial charge on any atom is -0.496 e. The second-order valence-corrected chi connectivity index (χ2v) is 9.77. The van der Waals surface area contributed by atoms with E-state index >= 15 is 0 Å². The molecule has 2 rings (SSSR count). The van der Waals surface area contributed by atoms with Gasteiger partial charge in [0.2, 0.25) is 0 Å². The number of anilines is 1. The molecule has 6 heteroatoms. The zero-order valence-corrected chi connectivity index (χ0v) is 19.5. The van der Waals surface area contributed by atoms with Crippen LogP contribution in [0, 0.1) is 5.41 Å². The molecular weight excluding hydrogens is 402 g/mol. The Kier molecular flexibility index (Phi) is 8.03. The lowest BCUT2D eigenvalue weighted by molar-refractivity contribution is 0.0554. The highest BCUT2D eigenvalue weighted by Crippen LogP contribution is 2.41. The van der Waals surface area contributed by atoms with E-state index in [1.807, 2.05) is 24.3 Å². The van der Waals surface area contributed by atoms with Crippen LogP contribution in [-0.4, -0.2) is 36.1 Å². The van der Waals surface area contributed by atoms with Crippen molar-refractivity contribution in [1.29, 1.82) is 0 Å². The van der Waals surface area contributed by atoms with Crippen molar-refractivity contribution in [2.45, 2.75) is 52.7 Å². The lowest BCUT2D eigenvalue weighted by Gasteiger charge is -2.26. The van der Waals surface area contributed by atoms with Crippen LogP contribution in [0.15, 0.2) is 36.4 Å². The zero-order valence-electron chi connectivity index (χ0n) is 18.8. The molecule has 0 aliphatic rings. The van der Waals surface area contributed by atoms with Crippen LogP contribution >= 0.6 is 11.6 Å². The smallest absolute Gasteiger partial charge is 0.144 e. The SMILES string of the molecule is COc1ccccc1[C@@H](O)c1cc(Cl)cc(OCCC(C)(C)O)c1NCC(C)(C)C. The summed E-state index contributed by atoms with van der Waals surface area (Å²) in [6.45, 7) is 10.8. The third-order valence-corrected chi connectivity index (χ3v) is 4.81. The molecule has 0 heterocycles. The number of methoxy groups -OCH3 is 1. The lowest BCUT2D eigenvalue weighted by atomic mass is 9.95. The summed E-state index contributed by atoms with van der Waals surface area (Å²) in [6.07, 6.45) is -0.498. The minimum atomic E-state index is -0.959. The first-order valence-electron chi connectivity index (χ1n) is 10.1. The number of halogens is 1. The zero-order chi connectivity index (χ0) is 22.5. The summed E-state index contributed by atoms with van der Waals surface area (Å²) in [6, 6.07) is 10.8. The van der Waals surface area contributed by atoms with Crippen molar-refractivity contribution < 1.29 is 19.7 Å². The molecule has 5 nitrogen and oxygen atoms in total. The standard InChI is InChI=1S/C24H34ClNO4/c1-23(2,3)15-26-21-18(22(27)17-9-7-8-10-19(17)29-6)13-16(25)14-20(21)30-12-11-24(4,5)28/h7-10,13-14,22,26-28H,11-12,15H2,1-6H3/t22-/m1/s1. The predicted octanol–water partition coefficient (Wildman–Crippen LogP) is 5.43. The average Bonchev–Trinajstić information content (AvgIpc) is 2.64. The number of para-hydroxylation sites is 1. The summed E-state index contributed by atoms with van der Waals surface area (Å²) in [7, 11) is 1.58. The Morgan fingerprint density at radius 1 is 1.03 bits per heavy atom. The fourth-order valence-corrected chi connectivity index (χ4v) is 3.16. The fraction of sp³-hybridized carbons (Fsp3) is 0.500. The van der Waals surface area contributed by atoms with Crippen LogP contribution in [0.2, 0.25) is 5.02 Å². The second kappa shape index (κ2) is 9.90. The second-order valence-electron chi connectivity index (χ2n) is 9.34. The molecule has 0 radical (unpaired) electrons. The maximum atomic E-state index is 11.2. The van der Waals surface area contributed by atoms with E-state index in [-0.39, 0.29) is 5.41 Å². The van der Waals surface area contributed by atoms with E-state index in [4.69, 9.17) is 21.1 Å². The summed E-state index contributed by atoms with van der Waals surface area (Å²) in [5, 5.41) is 25.1. The Labute approximate surface area is 185 Å². The van der Waals surface area contributed by atoms with Crippen molar-refractivity contribution in [1.82, 2.24) is 0 Å². The first-order chi connectivity index (χ1) is 13.9. The third-order valence-electron chi connectivity index (χ3n) is 4.59. The van der Waals surface area contributed by atoms with Crippen molar-refractivity contribution in [3.8, 4) is 11.5 Å². The Morgan fingerprint density at radius 2 is 1.70 bits per heavy atom. The highest BCUT2D eigenvalue weighted by atomic mass is 35.5. The molecule has 0 unspecified atom stereocenters. The number of ether oxygens (including phenoxy) is 2. The van der Waals surface area contributed by atoms with Gasteiger partial charge in [0.15, 0.2) is 0 Å². The van der Waals surface area contributed by atoms with E-state index in [2.05, 4.69) is 26.1 Å². The van der Waals surface area contributed by atoms with Crippen molar-refractivity contribution in [3.05, 3.63) is 52.5 Å². The summed E-state index contributed by atoms with van der Waals surface area (Å²) in [5.41, 5.74) is 1.11. The first kappa shape index (κ1) is 24.3. The molecule has 2 aromatic carbocycles. The molecule has 2 aromatic rings. The van der Waals surface area contributed by atoms with Gasteiger partial charge in [0.25, 0.3) is 0 Å². The number of hydrogen-bond donors (Lipinski definition) is 3. The van der Waals surface area contributed by atoms with Gasteiger partial charge in [0, 0.05) is 35.2 Å². The van der Waals surface area contributed by atoms with Gasteiger partial charge >= 0.3 is 0 Å². The van der Waals surface area contributed by atoms with Crippen LogP contribution in [0.4, 0.5) is 5.69 Å². The minimum absolute atomic E-state index is 0.0106. The molecule has 30 heavy (non-hydrogen) atoms. The van der Waals surface area contributed by atoms with E-state index in [0.717, 1.165) is 0 Å². The molecule has 0 saturated heterocycles. The molecule has 0 saturated carbocycles. The van der Waals surface area contributed by atoms with Crippen LogP contribution in [-0.2, 0) is 0 Å². The number of aliphatic hydroxyl groups is 2. The van der Waals surface area contributed by atoms with Gasteiger partial charge in [0.1, 0.15) is 17.6 Å². The topological polar surface area (TPSA) is 71.0 Å². The average molecular weight is 436 g/mol. The van der Waals surface area contributed by atoms with Crippen molar-refractivity contribution in [3.63, 3.8) is 0 Å². The number of benzene rings is 2. The number of nitrogens with one attached hydrogen (secondary N) is 1. The molecule has 0 aliphatic carbocycles. The molecule has 0 bridgehead atoms. The summed E-state index contributed by atoms with van der Waals surface area (Å²) in [4.78, 5) is 0. The summed E-state index contributed by atoms with van der Waals surface area (Å²) in [5.74, 6) is 1.14. The Morgan fingerprint density at radius 3 is 2.30 bits per heavy atom. The molecule has 0 spiro atoms. The molecule has 0 aromatic heterocycles. The maximum absolute atomic E-state index is 11.2. The largest absolute Gasteiger partial charge is 0.496 e. The van der Waals surface area contributed by atoms with Gasteiger partial charge in [-0.05, 0) is 31.4 Å². The van der Waals surface area contributed by atoms with E-state index in [0.29, 0.717) is 52.9 Å². The third kappa shape index (κ3) is 7.08. The molecule has 0 amide bonds. The van der Waals surface area contributed by atoms with Gasteiger partial charge in [0.05, 0.1) is 25.0 Å².